The van der Waals surface area contributed by atoms with E-state index in [2.05, 4.69) is 27.8 Å². The van der Waals surface area contributed by atoms with Crippen molar-refractivity contribution in [3.63, 3.8) is 0 Å². The first-order chi connectivity index (χ1) is 11.2. The second-order valence-corrected chi connectivity index (χ2v) is 5.60. The monoisotopic (exact) mass is 311 g/mol. The third kappa shape index (κ3) is 3.52. The summed E-state index contributed by atoms with van der Waals surface area (Å²) in [7, 11) is 1.63. The van der Waals surface area contributed by atoms with E-state index in [0.29, 0.717) is 13.1 Å². The van der Waals surface area contributed by atoms with E-state index in [4.69, 9.17) is 4.74 Å². The Hall–Kier alpha value is -2.37. The van der Waals surface area contributed by atoms with Gasteiger partial charge in [-0.3, -0.25) is 0 Å². The molecule has 1 atom stereocenters. The van der Waals surface area contributed by atoms with Gasteiger partial charge < -0.3 is 19.6 Å². The number of rotatable bonds is 6. The van der Waals surface area contributed by atoms with Crippen molar-refractivity contribution in [2.75, 3.05) is 13.7 Å². The van der Waals surface area contributed by atoms with E-state index in [1.165, 1.54) is 5.56 Å². The Bertz CT molecular complexity index is 781. The average molecular weight is 311 g/mol. The molecule has 0 saturated heterocycles. The zero-order valence-electron chi connectivity index (χ0n) is 13.4. The van der Waals surface area contributed by atoms with Crippen LogP contribution in [0.25, 0.3) is 5.65 Å². The Morgan fingerprint density at radius 3 is 2.74 bits per heavy atom. The van der Waals surface area contributed by atoms with Crippen LogP contribution in [0.5, 0.6) is 5.75 Å². The number of aryl methyl sites for hydroxylation is 1. The molecular weight excluding hydrogens is 290 g/mol. The smallest absolute Gasteiger partial charge is 0.136 e. The molecule has 0 aliphatic rings. The number of hydrogen-bond donors (Lipinski definition) is 2. The summed E-state index contributed by atoms with van der Waals surface area (Å²) in [6.07, 6.45) is 3.38. The van der Waals surface area contributed by atoms with Gasteiger partial charge >= 0.3 is 0 Å². The van der Waals surface area contributed by atoms with Crippen LogP contribution in [0.15, 0.2) is 48.8 Å². The van der Waals surface area contributed by atoms with Gasteiger partial charge in [-0.2, -0.15) is 0 Å². The highest BCUT2D eigenvalue weighted by Crippen LogP contribution is 2.17. The van der Waals surface area contributed by atoms with Gasteiger partial charge in [0.05, 0.1) is 25.1 Å². The Balaban J connectivity index is 1.60. The van der Waals surface area contributed by atoms with E-state index in [-0.39, 0.29) is 0 Å². The molecule has 1 unspecified atom stereocenters. The summed E-state index contributed by atoms with van der Waals surface area (Å²) in [6.45, 7) is 3.19. The molecular formula is C18H21N3O2. The number of aliphatic hydroxyl groups is 1. The molecule has 3 rings (SSSR count). The highest BCUT2D eigenvalue weighted by molar-refractivity contribution is 5.41. The average Bonchev–Trinajstić information content (AvgIpc) is 2.97. The lowest BCUT2D eigenvalue weighted by molar-refractivity contribution is 0.174. The van der Waals surface area contributed by atoms with E-state index in [9.17, 15) is 5.11 Å². The standard InChI is InChI=1S/C18H21N3O2/c1-13-3-8-18-20-10-15(21(18)12-13)9-19-11-17(22)14-4-6-16(23-2)7-5-14/h3-8,10,12,17,19,22H,9,11H2,1-2H3. The molecule has 120 valence electrons. The van der Waals surface area contributed by atoms with Gasteiger partial charge in [0.15, 0.2) is 0 Å². The molecule has 0 bridgehead atoms. The Kier molecular flexibility index (Phi) is 4.60. The van der Waals surface area contributed by atoms with E-state index in [1.54, 1.807) is 7.11 Å². The minimum atomic E-state index is -0.554. The predicted molar refractivity (Wildman–Crippen MR) is 89.6 cm³/mol. The fourth-order valence-electron chi connectivity index (χ4n) is 2.55. The number of nitrogens with one attached hydrogen (secondary N) is 1. The molecule has 2 heterocycles. The van der Waals surface area contributed by atoms with Gasteiger partial charge in [-0.25, -0.2) is 4.98 Å². The predicted octanol–water partition coefficient (Wildman–Crippen LogP) is 2.47. The molecule has 2 N–H and O–H groups in total. The van der Waals surface area contributed by atoms with E-state index in [1.807, 2.05) is 42.6 Å². The first kappa shape index (κ1) is 15.5. The number of aromatic nitrogens is 2. The first-order valence-corrected chi connectivity index (χ1v) is 7.62. The number of hydrogen-bond acceptors (Lipinski definition) is 4. The molecule has 0 aliphatic carbocycles. The molecule has 0 spiro atoms. The number of methoxy groups -OCH3 is 1. The van der Waals surface area contributed by atoms with Crippen LogP contribution >= 0.6 is 0 Å². The lowest BCUT2D eigenvalue weighted by Gasteiger charge is -2.13. The van der Waals surface area contributed by atoms with Crippen molar-refractivity contribution in [2.45, 2.75) is 19.6 Å². The first-order valence-electron chi connectivity index (χ1n) is 7.62. The minimum absolute atomic E-state index is 0.478. The maximum Gasteiger partial charge on any atom is 0.136 e. The minimum Gasteiger partial charge on any atom is -0.497 e. The lowest BCUT2D eigenvalue weighted by atomic mass is 10.1. The maximum atomic E-state index is 10.2. The van der Waals surface area contributed by atoms with Crippen LogP contribution in [0.3, 0.4) is 0 Å². The van der Waals surface area contributed by atoms with Crippen LogP contribution in [0.2, 0.25) is 0 Å². The van der Waals surface area contributed by atoms with Crippen LogP contribution in [0.4, 0.5) is 0 Å². The van der Waals surface area contributed by atoms with Crippen LogP contribution in [-0.2, 0) is 6.54 Å². The van der Waals surface area contributed by atoms with Crippen molar-refractivity contribution in [3.8, 4) is 5.75 Å². The van der Waals surface area contributed by atoms with Crippen molar-refractivity contribution in [3.05, 3.63) is 65.6 Å². The molecule has 0 radical (unpaired) electrons. The number of nitrogens with zero attached hydrogens (tertiary/aromatic N) is 2. The Labute approximate surface area is 135 Å². The van der Waals surface area contributed by atoms with Gasteiger partial charge in [-0.05, 0) is 36.2 Å². The summed E-state index contributed by atoms with van der Waals surface area (Å²) < 4.78 is 7.19. The van der Waals surface area contributed by atoms with Crippen molar-refractivity contribution >= 4 is 5.65 Å². The second kappa shape index (κ2) is 6.81. The molecule has 5 heteroatoms. The fraction of sp³-hybridized carbons (Fsp3) is 0.278. The van der Waals surface area contributed by atoms with Gasteiger partial charge in [0.1, 0.15) is 11.4 Å². The quantitative estimate of drug-likeness (QED) is 0.734. The lowest BCUT2D eigenvalue weighted by Crippen LogP contribution is -2.21. The van der Waals surface area contributed by atoms with Gasteiger partial charge in [0.2, 0.25) is 0 Å². The summed E-state index contributed by atoms with van der Waals surface area (Å²) >= 11 is 0. The van der Waals surface area contributed by atoms with E-state index >= 15 is 0 Å². The molecule has 0 fully saturated rings. The summed E-state index contributed by atoms with van der Waals surface area (Å²) in [4.78, 5) is 4.38. The zero-order valence-corrected chi connectivity index (χ0v) is 13.4. The molecule has 2 aromatic heterocycles. The number of aliphatic hydroxyl groups excluding tert-OH is 1. The molecule has 0 amide bonds. The number of imidazole rings is 1. The van der Waals surface area contributed by atoms with Crippen molar-refractivity contribution in [1.29, 1.82) is 0 Å². The van der Waals surface area contributed by atoms with Crippen LogP contribution < -0.4 is 10.1 Å². The summed E-state index contributed by atoms with van der Waals surface area (Å²) in [5.41, 5.74) is 4.07. The SMILES string of the molecule is COc1ccc(C(O)CNCc2cnc3ccc(C)cn23)cc1. The van der Waals surface area contributed by atoms with Crippen molar-refractivity contribution < 1.29 is 9.84 Å². The Morgan fingerprint density at radius 2 is 2.00 bits per heavy atom. The van der Waals surface area contributed by atoms with Crippen molar-refractivity contribution in [1.82, 2.24) is 14.7 Å². The van der Waals surface area contributed by atoms with Gasteiger partial charge in [0, 0.05) is 19.3 Å². The highest BCUT2D eigenvalue weighted by Gasteiger charge is 2.08. The summed E-state index contributed by atoms with van der Waals surface area (Å²) in [5.74, 6) is 0.787. The maximum absolute atomic E-state index is 10.2. The van der Waals surface area contributed by atoms with E-state index < -0.39 is 6.10 Å². The molecule has 0 saturated carbocycles. The summed E-state index contributed by atoms with van der Waals surface area (Å²) in [5, 5.41) is 13.5. The van der Waals surface area contributed by atoms with Crippen LogP contribution in [0.1, 0.15) is 22.9 Å². The number of pyridine rings is 1. The molecule has 1 aromatic carbocycles. The molecule has 3 aromatic rings. The topological polar surface area (TPSA) is 58.8 Å². The van der Waals surface area contributed by atoms with Gasteiger partial charge in [0.25, 0.3) is 0 Å². The number of benzene rings is 1. The zero-order chi connectivity index (χ0) is 16.2. The highest BCUT2D eigenvalue weighted by atomic mass is 16.5. The van der Waals surface area contributed by atoms with E-state index in [0.717, 1.165) is 22.7 Å². The molecule has 0 aliphatic heterocycles. The molecule has 5 nitrogen and oxygen atoms in total. The third-order valence-electron chi connectivity index (χ3n) is 3.87. The van der Waals surface area contributed by atoms with Crippen LogP contribution in [0, 0.1) is 6.92 Å². The summed E-state index contributed by atoms with van der Waals surface area (Å²) in [6, 6.07) is 11.5. The fourth-order valence-corrected chi connectivity index (χ4v) is 2.55. The Morgan fingerprint density at radius 1 is 1.22 bits per heavy atom. The van der Waals surface area contributed by atoms with Gasteiger partial charge in [-0.15, -0.1) is 0 Å². The largest absolute Gasteiger partial charge is 0.497 e. The molecule has 23 heavy (non-hydrogen) atoms. The third-order valence-corrected chi connectivity index (χ3v) is 3.87. The number of ether oxygens (including phenoxy) is 1. The van der Waals surface area contributed by atoms with Gasteiger partial charge in [-0.1, -0.05) is 18.2 Å². The normalized spacial score (nSPS) is 12.5. The van der Waals surface area contributed by atoms with Crippen molar-refractivity contribution in [2.24, 2.45) is 0 Å². The second-order valence-electron chi connectivity index (χ2n) is 5.60. The van der Waals surface area contributed by atoms with Crippen LogP contribution in [-0.4, -0.2) is 28.1 Å². The number of fused-ring (bicyclic) bond motifs is 1.